The molecule has 1 aromatic carbocycles. The molecule has 0 unspecified atom stereocenters. The number of aryl methyl sites for hydroxylation is 1. The lowest BCUT2D eigenvalue weighted by molar-refractivity contribution is -0.385. The number of rotatable bonds is 3. The molecule has 5 nitrogen and oxygen atoms in total. The first kappa shape index (κ1) is 13.6. The highest BCUT2D eigenvalue weighted by atomic mass is 35.5. The van der Waals surface area contributed by atoms with Gasteiger partial charge in [0.15, 0.2) is 0 Å². The Balaban J connectivity index is 2.38. The molecule has 0 bridgehead atoms. The van der Waals surface area contributed by atoms with Crippen molar-refractivity contribution in [2.75, 3.05) is 0 Å². The van der Waals surface area contributed by atoms with Crippen LogP contribution in [-0.2, 0) is 0 Å². The Morgan fingerprint density at radius 2 is 2.00 bits per heavy atom. The highest BCUT2D eigenvalue weighted by Gasteiger charge is 2.12. The SMILES string of the molecule is Cc1ccc(Cl)cc1Oc1cc([N+](=O)[O-])cc(Cl)n1. The highest BCUT2D eigenvalue weighted by molar-refractivity contribution is 6.30. The van der Waals surface area contributed by atoms with Crippen molar-refractivity contribution < 1.29 is 9.66 Å². The van der Waals surface area contributed by atoms with Crippen molar-refractivity contribution in [3.05, 3.63) is 56.2 Å². The van der Waals surface area contributed by atoms with Gasteiger partial charge in [0.2, 0.25) is 5.88 Å². The van der Waals surface area contributed by atoms with E-state index >= 15 is 0 Å². The molecule has 0 atom stereocenters. The first-order valence-corrected chi connectivity index (χ1v) is 5.97. The lowest BCUT2D eigenvalue weighted by Crippen LogP contribution is -1.94. The van der Waals surface area contributed by atoms with Gasteiger partial charge in [-0.1, -0.05) is 29.3 Å². The minimum Gasteiger partial charge on any atom is -0.438 e. The molecule has 0 N–H and O–H groups in total. The highest BCUT2D eigenvalue weighted by Crippen LogP contribution is 2.29. The first-order chi connectivity index (χ1) is 8.95. The third-order valence-electron chi connectivity index (χ3n) is 2.33. The minimum atomic E-state index is -0.564. The van der Waals surface area contributed by atoms with Crippen molar-refractivity contribution in [1.29, 1.82) is 0 Å². The summed E-state index contributed by atoms with van der Waals surface area (Å²) in [7, 11) is 0. The number of ether oxygens (including phenoxy) is 1. The minimum absolute atomic E-state index is 0.0103. The number of nitrogens with zero attached hydrogens (tertiary/aromatic N) is 2. The summed E-state index contributed by atoms with van der Waals surface area (Å²) >= 11 is 11.6. The predicted octanol–water partition coefficient (Wildman–Crippen LogP) is 4.40. The third kappa shape index (κ3) is 3.33. The van der Waals surface area contributed by atoms with Gasteiger partial charge < -0.3 is 4.74 Å². The number of hydrogen-bond donors (Lipinski definition) is 0. The molecule has 0 amide bonds. The van der Waals surface area contributed by atoms with Gasteiger partial charge in [-0.3, -0.25) is 10.1 Å². The topological polar surface area (TPSA) is 65.3 Å². The second kappa shape index (κ2) is 5.42. The van der Waals surface area contributed by atoms with E-state index in [1.807, 2.05) is 6.92 Å². The first-order valence-electron chi connectivity index (χ1n) is 5.21. The third-order valence-corrected chi connectivity index (χ3v) is 2.76. The van der Waals surface area contributed by atoms with E-state index in [1.54, 1.807) is 18.2 Å². The zero-order valence-electron chi connectivity index (χ0n) is 9.76. The van der Waals surface area contributed by atoms with Gasteiger partial charge in [0, 0.05) is 5.02 Å². The average Bonchev–Trinajstić information content (AvgIpc) is 2.33. The molecule has 1 aromatic heterocycles. The predicted molar refractivity (Wildman–Crippen MR) is 72.2 cm³/mol. The van der Waals surface area contributed by atoms with E-state index in [0.29, 0.717) is 10.8 Å². The zero-order valence-corrected chi connectivity index (χ0v) is 11.3. The summed E-state index contributed by atoms with van der Waals surface area (Å²) in [4.78, 5) is 14.0. The van der Waals surface area contributed by atoms with Crippen LogP contribution in [0.5, 0.6) is 11.6 Å². The summed E-state index contributed by atoms with van der Waals surface area (Å²) in [6.07, 6.45) is 0. The van der Waals surface area contributed by atoms with E-state index in [0.717, 1.165) is 11.6 Å². The van der Waals surface area contributed by atoms with E-state index in [2.05, 4.69) is 4.98 Å². The van der Waals surface area contributed by atoms with Crippen molar-refractivity contribution in [2.45, 2.75) is 6.92 Å². The van der Waals surface area contributed by atoms with Crippen molar-refractivity contribution in [1.82, 2.24) is 4.98 Å². The number of aromatic nitrogens is 1. The van der Waals surface area contributed by atoms with Crippen LogP contribution in [-0.4, -0.2) is 9.91 Å². The Hall–Kier alpha value is -1.85. The van der Waals surface area contributed by atoms with Crippen molar-refractivity contribution in [2.24, 2.45) is 0 Å². The maximum absolute atomic E-state index is 10.7. The van der Waals surface area contributed by atoms with E-state index < -0.39 is 4.92 Å². The van der Waals surface area contributed by atoms with E-state index in [1.165, 1.54) is 6.07 Å². The molecule has 19 heavy (non-hydrogen) atoms. The fourth-order valence-corrected chi connectivity index (χ4v) is 1.77. The van der Waals surface area contributed by atoms with Gasteiger partial charge in [0.05, 0.1) is 17.1 Å². The molecule has 1 heterocycles. The van der Waals surface area contributed by atoms with Crippen LogP contribution in [0, 0.1) is 17.0 Å². The lowest BCUT2D eigenvalue weighted by Gasteiger charge is -2.08. The summed E-state index contributed by atoms with van der Waals surface area (Å²) < 4.78 is 5.48. The van der Waals surface area contributed by atoms with Crippen LogP contribution in [0.1, 0.15) is 5.56 Å². The van der Waals surface area contributed by atoms with Crippen LogP contribution in [0.15, 0.2) is 30.3 Å². The molecule has 98 valence electrons. The normalized spacial score (nSPS) is 10.3. The average molecular weight is 299 g/mol. The Morgan fingerprint density at radius 1 is 1.26 bits per heavy atom. The van der Waals surface area contributed by atoms with E-state index in [4.69, 9.17) is 27.9 Å². The van der Waals surface area contributed by atoms with Gasteiger partial charge in [-0.05, 0) is 24.6 Å². The fourth-order valence-electron chi connectivity index (χ4n) is 1.41. The molecule has 2 aromatic rings. The summed E-state index contributed by atoms with van der Waals surface area (Å²) in [6, 6.07) is 7.45. The van der Waals surface area contributed by atoms with Crippen LogP contribution in [0.2, 0.25) is 10.2 Å². The smallest absolute Gasteiger partial charge is 0.277 e. The van der Waals surface area contributed by atoms with Gasteiger partial charge in [-0.25, -0.2) is 4.98 Å². The van der Waals surface area contributed by atoms with Gasteiger partial charge in [0.1, 0.15) is 10.9 Å². The van der Waals surface area contributed by atoms with Crippen LogP contribution < -0.4 is 4.74 Å². The van der Waals surface area contributed by atoms with Crippen LogP contribution in [0.4, 0.5) is 5.69 Å². The van der Waals surface area contributed by atoms with Crippen LogP contribution in [0.25, 0.3) is 0 Å². The molecular formula is C12H8Cl2N2O3. The maximum atomic E-state index is 10.7. The van der Waals surface area contributed by atoms with Crippen molar-refractivity contribution >= 4 is 28.9 Å². The zero-order chi connectivity index (χ0) is 14.0. The largest absolute Gasteiger partial charge is 0.438 e. The maximum Gasteiger partial charge on any atom is 0.277 e. The Morgan fingerprint density at radius 3 is 2.68 bits per heavy atom. The number of nitro groups is 1. The number of hydrogen-bond acceptors (Lipinski definition) is 4. The van der Waals surface area contributed by atoms with E-state index in [-0.39, 0.29) is 16.7 Å². The molecule has 0 aliphatic rings. The van der Waals surface area contributed by atoms with Crippen LogP contribution in [0.3, 0.4) is 0 Å². The standard InChI is InChI=1S/C12H8Cl2N2O3/c1-7-2-3-8(13)4-10(7)19-12-6-9(16(17)18)5-11(14)15-12/h2-6H,1H3. The number of benzene rings is 1. The summed E-state index contributed by atoms with van der Waals surface area (Å²) in [5, 5.41) is 11.2. The molecule has 7 heteroatoms. The number of halogens is 2. The van der Waals surface area contributed by atoms with Gasteiger partial charge in [0.25, 0.3) is 5.69 Å². The van der Waals surface area contributed by atoms with Gasteiger partial charge >= 0.3 is 0 Å². The lowest BCUT2D eigenvalue weighted by atomic mass is 10.2. The molecule has 0 spiro atoms. The van der Waals surface area contributed by atoms with Gasteiger partial charge in [-0.2, -0.15) is 0 Å². The molecule has 0 saturated carbocycles. The fraction of sp³-hybridized carbons (Fsp3) is 0.0833. The van der Waals surface area contributed by atoms with Crippen molar-refractivity contribution in [3.8, 4) is 11.6 Å². The van der Waals surface area contributed by atoms with Crippen molar-refractivity contribution in [3.63, 3.8) is 0 Å². The second-order valence-corrected chi connectivity index (χ2v) is 4.58. The monoisotopic (exact) mass is 298 g/mol. The Labute approximate surface area is 118 Å². The second-order valence-electron chi connectivity index (χ2n) is 3.76. The van der Waals surface area contributed by atoms with Gasteiger partial charge in [-0.15, -0.1) is 0 Å². The van der Waals surface area contributed by atoms with Crippen LogP contribution >= 0.6 is 23.2 Å². The quantitative estimate of drug-likeness (QED) is 0.478. The number of pyridine rings is 1. The molecule has 2 rings (SSSR count). The summed E-state index contributed by atoms with van der Waals surface area (Å²) in [5.74, 6) is 0.515. The molecular weight excluding hydrogens is 291 g/mol. The molecule has 0 aliphatic carbocycles. The summed E-state index contributed by atoms with van der Waals surface area (Å²) in [6.45, 7) is 1.82. The molecule has 0 radical (unpaired) electrons. The Kier molecular flexibility index (Phi) is 3.87. The Bertz CT molecular complexity index is 647. The molecule has 0 saturated heterocycles. The summed E-state index contributed by atoms with van der Waals surface area (Å²) in [5.41, 5.74) is 0.642. The molecule has 0 aliphatic heterocycles. The molecule has 0 fully saturated rings. The van der Waals surface area contributed by atoms with E-state index in [9.17, 15) is 10.1 Å².